The van der Waals surface area contributed by atoms with E-state index in [1.54, 1.807) is 0 Å². The Morgan fingerprint density at radius 3 is 1.23 bits per heavy atom. The van der Waals surface area contributed by atoms with Crippen molar-refractivity contribution in [2.45, 2.75) is 207 Å². The quantitative estimate of drug-likeness (QED) is 0.0347. The van der Waals surface area contributed by atoms with Crippen LogP contribution < -0.4 is 0 Å². The van der Waals surface area contributed by atoms with Crippen LogP contribution in [0.3, 0.4) is 0 Å². The molecule has 0 saturated carbocycles. The van der Waals surface area contributed by atoms with Gasteiger partial charge in [0.15, 0.2) is 6.10 Å². The molecule has 0 radical (unpaired) electrons. The lowest BCUT2D eigenvalue weighted by Gasteiger charge is -2.18. The summed E-state index contributed by atoms with van der Waals surface area (Å²) in [5, 5.41) is 0. The monoisotopic (exact) mass is 857 g/mol. The molecule has 0 saturated heterocycles. The third-order valence-electron chi connectivity index (χ3n) is 9.98. The molecule has 1 unspecified atom stereocenters. The zero-order valence-corrected chi connectivity index (χ0v) is 40.1. The molecule has 1 atom stereocenters. The summed E-state index contributed by atoms with van der Waals surface area (Å²) < 4.78 is 17.3. The topological polar surface area (TPSA) is 61.8 Å². The summed E-state index contributed by atoms with van der Waals surface area (Å²) in [5.74, 6) is -0.527. The van der Waals surface area contributed by atoms with Gasteiger partial charge in [-0.3, -0.25) is 9.59 Å². The highest BCUT2D eigenvalue weighted by atomic mass is 16.6. The summed E-state index contributed by atoms with van der Waals surface area (Å²) >= 11 is 0. The number of hydrogen-bond donors (Lipinski definition) is 0. The zero-order chi connectivity index (χ0) is 44.9. The Hall–Kier alpha value is -3.70. The molecule has 0 spiro atoms. The number of carbonyl (C=O) groups is 2. The minimum atomic E-state index is -0.598. The van der Waals surface area contributed by atoms with Crippen molar-refractivity contribution in [2.75, 3.05) is 19.8 Å². The largest absolute Gasteiger partial charge is 0.462 e. The number of allylic oxidation sites excluding steroid dienone is 20. The molecule has 0 aliphatic rings. The fourth-order valence-corrected chi connectivity index (χ4v) is 6.31. The predicted molar refractivity (Wildman–Crippen MR) is 269 cm³/mol. The van der Waals surface area contributed by atoms with E-state index < -0.39 is 6.10 Å². The molecule has 0 heterocycles. The molecule has 0 aromatic carbocycles. The summed E-state index contributed by atoms with van der Waals surface area (Å²) in [6, 6.07) is 0. The van der Waals surface area contributed by atoms with Crippen LogP contribution >= 0.6 is 0 Å². The Morgan fingerprint density at radius 1 is 0.371 bits per heavy atom. The van der Waals surface area contributed by atoms with E-state index in [1.807, 2.05) is 6.08 Å². The van der Waals surface area contributed by atoms with Crippen molar-refractivity contribution >= 4 is 11.9 Å². The lowest BCUT2D eigenvalue weighted by Crippen LogP contribution is -2.30. The van der Waals surface area contributed by atoms with Crippen molar-refractivity contribution in [3.63, 3.8) is 0 Å². The molecular formula is C57H92O5. The maximum Gasteiger partial charge on any atom is 0.306 e. The highest BCUT2D eigenvalue weighted by Gasteiger charge is 2.17. The first-order chi connectivity index (χ1) is 30.6. The van der Waals surface area contributed by atoms with Gasteiger partial charge in [-0.05, 0) is 116 Å². The summed E-state index contributed by atoms with van der Waals surface area (Å²) in [4.78, 5) is 25.3. The van der Waals surface area contributed by atoms with Crippen LogP contribution in [0.2, 0.25) is 0 Å². The smallest absolute Gasteiger partial charge is 0.306 e. The van der Waals surface area contributed by atoms with Crippen molar-refractivity contribution in [2.24, 2.45) is 0 Å². The minimum Gasteiger partial charge on any atom is -0.462 e. The summed E-state index contributed by atoms with van der Waals surface area (Å²) in [5.41, 5.74) is 0. The normalized spacial score (nSPS) is 13.3. The van der Waals surface area contributed by atoms with E-state index in [1.165, 1.54) is 57.8 Å². The average Bonchev–Trinajstić information content (AvgIpc) is 3.27. The second-order valence-corrected chi connectivity index (χ2v) is 15.9. The molecule has 0 N–H and O–H groups in total. The van der Waals surface area contributed by atoms with E-state index in [0.29, 0.717) is 19.4 Å². The number of hydrogen-bond acceptors (Lipinski definition) is 5. The number of carbonyl (C=O) groups excluding carboxylic acids is 2. The van der Waals surface area contributed by atoms with Crippen LogP contribution in [0.4, 0.5) is 0 Å². The van der Waals surface area contributed by atoms with E-state index >= 15 is 0 Å². The molecule has 5 nitrogen and oxygen atoms in total. The molecule has 5 heteroatoms. The Balaban J connectivity index is 4.43. The van der Waals surface area contributed by atoms with Crippen molar-refractivity contribution in [3.05, 3.63) is 122 Å². The van der Waals surface area contributed by atoms with Crippen LogP contribution in [0.25, 0.3) is 0 Å². The van der Waals surface area contributed by atoms with E-state index in [-0.39, 0.29) is 31.6 Å². The fraction of sp³-hybridized carbons (Fsp3) is 0.614. The Kier molecular flexibility index (Phi) is 48.6. The van der Waals surface area contributed by atoms with E-state index in [0.717, 1.165) is 103 Å². The van der Waals surface area contributed by atoms with Gasteiger partial charge >= 0.3 is 11.9 Å². The fourth-order valence-electron chi connectivity index (χ4n) is 6.31. The molecule has 0 fully saturated rings. The lowest BCUT2D eigenvalue weighted by molar-refractivity contribution is -0.162. The van der Waals surface area contributed by atoms with Crippen LogP contribution in [-0.4, -0.2) is 37.9 Å². The van der Waals surface area contributed by atoms with Crippen molar-refractivity contribution < 1.29 is 23.8 Å². The maximum absolute atomic E-state index is 12.7. The number of ether oxygens (including phenoxy) is 3. The van der Waals surface area contributed by atoms with Gasteiger partial charge < -0.3 is 14.2 Å². The molecule has 0 aromatic rings. The first-order valence-corrected chi connectivity index (χ1v) is 25.1. The SMILES string of the molecule is CC/C=C\C/C=C\C/C=C\C/C=C\CCCCCCCOCC(COC(=O)CCCCCCC/C=C\C/C=C\CCCCC)OC(=O)CC/C=C\C/C=C\C/C=C\C/C=C\CC. The van der Waals surface area contributed by atoms with Crippen molar-refractivity contribution in [1.82, 2.24) is 0 Å². The molecule has 0 aliphatic heterocycles. The molecule has 0 aromatic heterocycles. The van der Waals surface area contributed by atoms with Gasteiger partial charge in [-0.2, -0.15) is 0 Å². The summed E-state index contributed by atoms with van der Waals surface area (Å²) in [6.45, 7) is 7.42. The van der Waals surface area contributed by atoms with Gasteiger partial charge in [0.25, 0.3) is 0 Å². The van der Waals surface area contributed by atoms with Crippen LogP contribution in [-0.2, 0) is 23.8 Å². The Morgan fingerprint density at radius 2 is 0.758 bits per heavy atom. The van der Waals surface area contributed by atoms with E-state index in [2.05, 4.69) is 136 Å². The standard InChI is InChI=1S/C57H92O5/c1-4-7-10-13-16-19-22-25-27-28-29-31-34-37-40-43-46-49-52-60-53-55(62-57(59)51-48-45-42-39-36-32-24-21-18-15-12-9-6-3)54-61-56(58)50-47-44-41-38-35-33-30-26-23-20-17-14-11-8-5-2/h7,9-10,12,16-21,25-27,29-32,36,42,45,55H,4-6,8,11,13-15,22-24,28,33-35,37-41,43-44,46-54H2,1-3H3/b10-7-,12-9-,19-16-,20-17-,21-18-,27-25-,30-26-,31-29-,36-32-,45-42-. The van der Waals surface area contributed by atoms with E-state index in [9.17, 15) is 9.59 Å². The van der Waals surface area contributed by atoms with Crippen LogP contribution in [0.15, 0.2) is 122 Å². The molecule has 0 aliphatic carbocycles. The molecule has 0 bridgehead atoms. The zero-order valence-electron chi connectivity index (χ0n) is 40.1. The molecular weight excluding hydrogens is 765 g/mol. The molecule has 62 heavy (non-hydrogen) atoms. The van der Waals surface area contributed by atoms with E-state index in [4.69, 9.17) is 14.2 Å². The third kappa shape index (κ3) is 49.0. The first kappa shape index (κ1) is 58.3. The summed E-state index contributed by atoms with van der Waals surface area (Å²) in [6.07, 6.45) is 72.2. The van der Waals surface area contributed by atoms with Gasteiger partial charge in [-0.15, -0.1) is 0 Å². The molecule has 0 rings (SSSR count). The third-order valence-corrected chi connectivity index (χ3v) is 9.98. The number of unbranched alkanes of at least 4 members (excludes halogenated alkanes) is 13. The van der Waals surface area contributed by atoms with Gasteiger partial charge in [0.1, 0.15) is 6.61 Å². The van der Waals surface area contributed by atoms with Gasteiger partial charge in [0.2, 0.25) is 0 Å². The minimum absolute atomic E-state index is 0.0338. The number of rotatable bonds is 44. The van der Waals surface area contributed by atoms with Crippen molar-refractivity contribution in [1.29, 1.82) is 0 Å². The highest BCUT2D eigenvalue weighted by molar-refractivity contribution is 5.70. The highest BCUT2D eigenvalue weighted by Crippen LogP contribution is 2.11. The summed E-state index contributed by atoms with van der Waals surface area (Å²) in [7, 11) is 0. The van der Waals surface area contributed by atoms with Crippen molar-refractivity contribution in [3.8, 4) is 0 Å². The second-order valence-electron chi connectivity index (χ2n) is 15.9. The van der Waals surface area contributed by atoms with Gasteiger partial charge in [-0.25, -0.2) is 0 Å². The Bertz CT molecular complexity index is 1290. The molecule has 350 valence electrons. The van der Waals surface area contributed by atoms with Gasteiger partial charge in [0.05, 0.1) is 6.61 Å². The van der Waals surface area contributed by atoms with Crippen LogP contribution in [0.1, 0.15) is 201 Å². The van der Waals surface area contributed by atoms with Gasteiger partial charge in [-0.1, -0.05) is 194 Å². The number of esters is 2. The lowest BCUT2D eigenvalue weighted by atomic mass is 10.1. The molecule has 0 amide bonds. The van der Waals surface area contributed by atoms with Crippen LogP contribution in [0.5, 0.6) is 0 Å². The first-order valence-electron chi connectivity index (χ1n) is 25.1. The maximum atomic E-state index is 12.7. The van der Waals surface area contributed by atoms with Crippen LogP contribution in [0, 0.1) is 0 Å². The predicted octanol–water partition coefficient (Wildman–Crippen LogP) is 17.0. The van der Waals surface area contributed by atoms with Gasteiger partial charge in [0, 0.05) is 19.4 Å². The average molecular weight is 857 g/mol. The second kappa shape index (κ2) is 51.6. The Labute approximate surface area is 382 Å².